The van der Waals surface area contributed by atoms with Crippen molar-refractivity contribution < 1.29 is 14.3 Å². The van der Waals surface area contributed by atoms with E-state index >= 15 is 0 Å². The molecule has 1 fully saturated rings. The van der Waals surface area contributed by atoms with Crippen LogP contribution < -0.4 is 0 Å². The van der Waals surface area contributed by atoms with Crippen LogP contribution >= 0.6 is 11.8 Å². The summed E-state index contributed by atoms with van der Waals surface area (Å²) in [5.41, 5.74) is 0. The lowest BCUT2D eigenvalue weighted by molar-refractivity contribution is 0.136. The number of amides is 1. The van der Waals surface area contributed by atoms with Gasteiger partial charge in [0.05, 0.1) is 0 Å². The van der Waals surface area contributed by atoms with Crippen molar-refractivity contribution in [1.29, 1.82) is 0 Å². The molecule has 1 N–H and O–H groups in total. The molecule has 0 atom stereocenters. The number of carboxylic acid groups (broad SMARTS) is 1. The Morgan fingerprint density at radius 1 is 1.41 bits per heavy atom. The lowest BCUT2D eigenvalue weighted by Gasteiger charge is -2.29. The van der Waals surface area contributed by atoms with E-state index in [9.17, 15) is 9.18 Å². The number of rotatable bonds is 2. The lowest BCUT2D eigenvalue weighted by atomic mass is 10.1. The van der Waals surface area contributed by atoms with Crippen molar-refractivity contribution in [2.45, 2.75) is 23.0 Å². The molecule has 1 heterocycles. The third-order valence-electron chi connectivity index (χ3n) is 2.81. The molecule has 0 aliphatic carbocycles. The average molecular weight is 255 g/mol. The molecule has 0 saturated carbocycles. The van der Waals surface area contributed by atoms with Crippen molar-refractivity contribution in [1.82, 2.24) is 4.90 Å². The van der Waals surface area contributed by atoms with E-state index in [1.807, 2.05) is 6.07 Å². The van der Waals surface area contributed by atoms with Gasteiger partial charge in [-0.05, 0) is 31.0 Å². The van der Waals surface area contributed by atoms with Crippen LogP contribution in [0.3, 0.4) is 0 Å². The van der Waals surface area contributed by atoms with Gasteiger partial charge in [0.25, 0.3) is 0 Å². The maximum atomic E-state index is 13.0. The quantitative estimate of drug-likeness (QED) is 0.883. The lowest BCUT2D eigenvalue weighted by Crippen LogP contribution is -2.38. The molecule has 0 spiro atoms. The number of likely N-dealkylation sites (tertiary alicyclic amines) is 1. The Hall–Kier alpha value is -1.23. The first-order valence-corrected chi connectivity index (χ1v) is 6.43. The number of piperidine rings is 1. The van der Waals surface area contributed by atoms with Crippen molar-refractivity contribution in [2.75, 3.05) is 13.1 Å². The largest absolute Gasteiger partial charge is 0.465 e. The molecule has 0 aromatic heterocycles. The molecule has 1 amide bonds. The smallest absolute Gasteiger partial charge is 0.407 e. The Bertz CT molecular complexity index is 405. The van der Waals surface area contributed by atoms with Crippen LogP contribution in [0.25, 0.3) is 0 Å². The van der Waals surface area contributed by atoms with Crippen LogP contribution in [-0.4, -0.2) is 34.4 Å². The van der Waals surface area contributed by atoms with Gasteiger partial charge in [0, 0.05) is 23.2 Å². The zero-order valence-electron chi connectivity index (χ0n) is 9.30. The van der Waals surface area contributed by atoms with E-state index in [1.165, 1.54) is 17.0 Å². The summed E-state index contributed by atoms with van der Waals surface area (Å²) in [6, 6.07) is 6.53. The average Bonchev–Trinajstić information content (AvgIpc) is 2.29. The van der Waals surface area contributed by atoms with Gasteiger partial charge in [-0.15, -0.1) is 11.8 Å². The summed E-state index contributed by atoms with van der Waals surface area (Å²) in [5.74, 6) is -0.224. The van der Waals surface area contributed by atoms with Crippen molar-refractivity contribution in [2.24, 2.45) is 0 Å². The summed E-state index contributed by atoms with van der Waals surface area (Å²) in [6.45, 7) is 1.14. The molecule has 1 aliphatic heterocycles. The Balaban J connectivity index is 1.88. The Kier molecular flexibility index (Phi) is 3.89. The van der Waals surface area contributed by atoms with Crippen molar-refractivity contribution >= 4 is 17.9 Å². The molecule has 3 nitrogen and oxygen atoms in total. The van der Waals surface area contributed by atoms with Crippen LogP contribution in [0.4, 0.5) is 9.18 Å². The van der Waals surface area contributed by atoms with Gasteiger partial charge in [0.15, 0.2) is 0 Å². The highest BCUT2D eigenvalue weighted by Crippen LogP contribution is 2.30. The summed E-state index contributed by atoms with van der Waals surface area (Å²) in [4.78, 5) is 13.1. The molecule has 1 aromatic carbocycles. The van der Waals surface area contributed by atoms with E-state index in [4.69, 9.17) is 5.11 Å². The van der Waals surface area contributed by atoms with Crippen LogP contribution in [0.15, 0.2) is 29.2 Å². The molecule has 92 valence electrons. The van der Waals surface area contributed by atoms with Crippen LogP contribution in [0, 0.1) is 5.82 Å². The van der Waals surface area contributed by atoms with Gasteiger partial charge in [-0.3, -0.25) is 0 Å². The minimum atomic E-state index is -0.848. The number of carbonyl (C=O) groups is 1. The number of thioether (sulfide) groups is 1. The molecule has 0 bridgehead atoms. The van der Waals surface area contributed by atoms with Gasteiger partial charge in [0.1, 0.15) is 5.82 Å². The maximum Gasteiger partial charge on any atom is 0.407 e. The van der Waals surface area contributed by atoms with E-state index in [2.05, 4.69) is 0 Å². The van der Waals surface area contributed by atoms with Crippen molar-refractivity contribution in [3.05, 3.63) is 30.1 Å². The second kappa shape index (κ2) is 5.40. The normalized spacial score (nSPS) is 17.1. The highest BCUT2D eigenvalue weighted by molar-refractivity contribution is 8.00. The van der Waals surface area contributed by atoms with Crippen LogP contribution in [0.5, 0.6) is 0 Å². The minimum Gasteiger partial charge on any atom is -0.465 e. The second-order valence-corrected chi connectivity index (χ2v) is 5.42. The van der Waals surface area contributed by atoms with E-state index in [0.717, 1.165) is 17.7 Å². The van der Waals surface area contributed by atoms with Gasteiger partial charge in [-0.1, -0.05) is 6.07 Å². The summed E-state index contributed by atoms with van der Waals surface area (Å²) >= 11 is 1.63. The van der Waals surface area contributed by atoms with E-state index in [-0.39, 0.29) is 5.82 Å². The van der Waals surface area contributed by atoms with E-state index in [0.29, 0.717) is 18.3 Å². The first-order valence-electron chi connectivity index (χ1n) is 5.55. The van der Waals surface area contributed by atoms with Gasteiger partial charge in [0.2, 0.25) is 0 Å². The third-order valence-corrected chi connectivity index (χ3v) is 4.14. The van der Waals surface area contributed by atoms with Crippen molar-refractivity contribution in [3.63, 3.8) is 0 Å². The fourth-order valence-corrected chi connectivity index (χ4v) is 3.07. The number of hydrogen-bond donors (Lipinski definition) is 1. The highest BCUT2D eigenvalue weighted by atomic mass is 32.2. The first kappa shape index (κ1) is 12.2. The third kappa shape index (κ3) is 3.36. The molecule has 0 radical (unpaired) electrons. The number of halogens is 1. The summed E-state index contributed by atoms with van der Waals surface area (Å²) in [5, 5.41) is 9.20. The molecule has 1 aromatic rings. The molecule has 0 unspecified atom stereocenters. The highest BCUT2D eigenvalue weighted by Gasteiger charge is 2.22. The predicted octanol–water partition coefficient (Wildman–Crippen LogP) is 3.06. The van der Waals surface area contributed by atoms with Crippen molar-refractivity contribution in [3.8, 4) is 0 Å². The predicted molar refractivity (Wildman–Crippen MR) is 64.9 cm³/mol. The van der Waals surface area contributed by atoms with Crippen LogP contribution in [0.1, 0.15) is 12.8 Å². The van der Waals surface area contributed by atoms with E-state index in [1.54, 1.807) is 17.8 Å². The Morgan fingerprint density at radius 3 is 2.71 bits per heavy atom. The molecular weight excluding hydrogens is 241 g/mol. The number of benzene rings is 1. The molecule has 1 aliphatic rings. The van der Waals surface area contributed by atoms with Gasteiger partial charge in [-0.2, -0.15) is 0 Å². The second-order valence-electron chi connectivity index (χ2n) is 4.04. The maximum absolute atomic E-state index is 13.0. The molecule has 1 saturated heterocycles. The molecule has 2 rings (SSSR count). The number of nitrogens with zero attached hydrogens (tertiary/aromatic N) is 1. The zero-order chi connectivity index (χ0) is 12.3. The fourth-order valence-electron chi connectivity index (χ4n) is 1.90. The van der Waals surface area contributed by atoms with Gasteiger partial charge >= 0.3 is 6.09 Å². The SMILES string of the molecule is O=C(O)N1CCC(Sc2cccc(F)c2)CC1. The van der Waals surface area contributed by atoms with Gasteiger partial charge < -0.3 is 10.0 Å². The number of hydrogen-bond acceptors (Lipinski definition) is 2. The summed E-state index contributed by atoms with van der Waals surface area (Å²) in [6.07, 6.45) is 0.806. The first-order chi connectivity index (χ1) is 8.15. The Morgan fingerprint density at radius 2 is 2.12 bits per heavy atom. The van der Waals surface area contributed by atoms with E-state index < -0.39 is 6.09 Å². The van der Waals surface area contributed by atoms with Crippen LogP contribution in [-0.2, 0) is 0 Å². The molecule has 17 heavy (non-hydrogen) atoms. The topological polar surface area (TPSA) is 40.5 Å². The summed E-state index contributed by atoms with van der Waals surface area (Å²) in [7, 11) is 0. The minimum absolute atomic E-state index is 0.224. The summed E-state index contributed by atoms with van der Waals surface area (Å²) < 4.78 is 13.0. The fraction of sp³-hybridized carbons (Fsp3) is 0.417. The molecule has 5 heteroatoms. The monoisotopic (exact) mass is 255 g/mol. The Labute approximate surface area is 104 Å². The standard InChI is InChI=1S/C12H14FNO2S/c13-9-2-1-3-11(8-9)17-10-4-6-14(7-5-10)12(15)16/h1-3,8,10H,4-7H2,(H,15,16). The van der Waals surface area contributed by atoms with Gasteiger partial charge in [-0.25, -0.2) is 9.18 Å². The zero-order valence-corrected chi connectivity index (χ0v) is 10.1. The van der Waals surface area contributed by atoms with Crippen LogP contribution in [0.2, 0.25) is 0 Å². The molecular formula is C12H14FNO2S.